The predicted molar refractivity (Wildman–Crippen MR) is 222 cm³/mol. The summed E-state index contributed by atoms with van der Waals surface area (Å²) in [5, 5.41) is 22.6. The number of carbonyl (C=O) groups is 3. The second-order valence-corrected chi connectivity index (χ2v) is 17.6. The Morgan fingerprint density at radius 2 is 1.32 bits per heavy atom. The first-order valence-corrected chi connectivity index (χ1v) is 21.2. The Hall–Kier alpha value is -3.80. The maximum Gasteiger partial charge on any atom is 0.334 e. The van der Waals surface area contributed by atoms with Crippen molar-refractivity contribution in [1.29, 1.82) is 0 Å². The number of carboxylic acid groups (broad SMARTS) is 2. The minimum Gasteiger partial charge on any atom is -0.478 e. The zero-order chi connectivity index (χ0) is 39.7. The molecule has 4 atom stereocenters. The zero-order valence-corrected chi connectivity index (χ0v) is 34.5. The summed E-state index contributed by atoms with van der Waals surface area (Å²) in [6, 6.07) is 26.5. The average Bonchev–Trinajstić information content (AvgIpc) is 3.36. The van der Waals surface area contributed by atoms with Crippen LogP contribution in [-0.4, -0.2) is 112 Å². The summed E-state index contributed by atoms with van der Waals surface area (Å²) in [6.07, 6.45) is 4.83. The minimum atomic E-state index is -1.81. The molecule has 2 bridgehead atoms. The van der Waals surface area contributed by atoms with E-state index in [0.717, 1.165) is 36.4 Å². The van der Waals surface area contributed by atoms with Gasteiger partial charge in [-0.3, -0.25) is 9.69 Å². The summed E-state index contributed by atoms with van der Waals surface area (Å²) in [6.45, 7) is 4.19. The molecule has 296 valence electrons. The normalized spacial score (nSPS) is 25.1. The highest BCUT2D eigenvalue weighted by Gasteiger charge is 2.52. The summed E-state index contributed by atoms with van der Waals surface area (Å²) in [5.74, 6) is -2.37. The third-order valence-corrected chi connectivity index (χ3v) is 14.6. The number of nitrogens with zero attached hydrogens (tertiary/aromatic N) is 4. The SMILES string of the molecule is CN1C(CC(=O)N2CCN(C3CC4CCC(C3)N4C)CC2)=C(C(=O)O)C(C)(c2c(Cl)cccc2Cl)C(C(=O)O)=C1CC(CSc1ccccc1)c1ccccc1. The van der Waals surface area contributed by atoms with Gasteiger partial charge in [-0.15, -0.1) is 11.8 Å². The van der Waals surface area contributed by atoms with Crippen LogP contribution in [0.15, 0.2) is 106 Å². The molecule has 3 fully saturated rings. The highest BCUT2D eigenvalue weighted by Crippen LogP contribution is 2.53. The van der Waals surface area contributed by atoms with E-state index >= 15 is 0 Å². The summed E-state index contributed by atoms with van der Waals surface area (Å²) in [7, 11) is 3.93. The van der Waals surface area contributed by atoms with E-state index in [1.165, 1.54) is 12.8 Å². The molecule has 0 radical (unpaired) electrons. The van der Waals surface area contributed by atoms with Crippen molar-refractivity contribution in [3.05, 3.63) is 123 Å². The van der Waals surface area contributed by atoms with Crippen molar-refractivity contribution < 1.29 is 24.6 Å². The number of benzene rings is 3. The van der Waals surface area contributed by atoms with Crippen LogP contribution in [0.3, 0.4) is 0 Å². The lowest BCUT2D eigenvalue weighted by Crippen LogP contribution is -2.56. The Kier molecular flexibility index (Phi) is 12.2. The smallest absolute Gasteiger partial charge is 0.334 e. The van der Waals surface area contributed by atoms with E-state index < -0.39 is 17.4 Å². The minimum absolute atomic E-state index is 0.130. The standard InChI is InChI=1S/C44H50Cl2N4O5S/c1-44(39-34(45)15-10-16-35(39)46)40(42(52)53)36(23-29(28-11-6-4-7-12-28)27-56-33-13-8-5-9-14-33)48(3)37(41(44)43(54)55)26-38(51)50-21-19-49(20-22-50)32-24-30-17-18-31(25-32)47(30)2/h4-16,29-32H,17-27H2,1-3H3,(H,52,53)(H,54,55). The van der Waals surface area contributed by atoms with Crippen LogP contribution in [-0.2, 0) is 19.8 Å². The van der Waals surface area contributed by atoms with Crippen LogP contribution in [0.4, 0.5) is 0 Å². The molecule has 9 nitrogen and oxygen atoms in total. The Morgan fingerprint density at radius 3 is 1.89 bits per heavy atom. The van der Waals surface area contributed by atoms with Crippen molar-refractivity contribution in [1.82, 2.24) is 19.6 Å². The maximum absolute atomic E-state index is 14.4. The second kappa shape index (κ2) is 17.0. The maximum atomic E-state index is 14.4. The first kappa shape index (κ1) is 40.4. The van der Waals surface area contributed by atoms with E-state index in [1.54, 1.807) is 48.8 Å². The van der Waals surface area contributed by atoms with E-state index in [0.29, 0.717) is 42.7 Å². The fourth-order valence-electron chi connectivity index (χ4n) is 9.76. The number of fused-ring (bicyclic) bond motifs is 2. The van der Waals surface area contributed by atoms with Crippen molar-refractivity contribution in [3.63, 3.8) is 0 Å². The lowest BCUT2D eigenvalue weighted by atomic mass is 9.65. The molecule has 4 aliphatic heterocycles. The molecule has 56 heavy (non-hydrogen) atoms. The summed E-state index contributed by atoms with van der Waals surface area (Å²) in [4.78, 5) is 51.4. The quantitative estimate of drug-likeness (QED) is 0.176. The van der Waals surface area contributed by atoms with Gasteiger partial charge in [0.25, 0.3) is 0 Å². The number of allylic oxidation sites excluding steroid dienone is 1. The molecule has 0 spiro atoms. The van der Waals surface area contributed by atoms with Crippen molar-refractivity contribution in [2.75, 3.05) is 46.0 Å². The molecule has 1 amide bonds. The van der Waals surface area contributed by atoms with Gasteiger partial charge in [0, 0.05) is 89.0 Å². The van der Waals surface area contributed by atoms with Crippen LogP contribution in [0.1, 0.15) is 62.5 Å². The molecule has 3 saturated heterocycles. The third kappa shape index (κ3) is 7.88. The topological polar surface area (TPSA) is 105 Å². The molecule has 3 aromatic rings. The number of piperazine rings is 1. The van der Waals surface area contributed by atoms with E-state index in [-0.39, 0.29) is 57.1 Å². The predicted octanol–water partition coefficient (Wildman–Crippen LogP) is 8.00. The molecular weight excluding hydrogens is 767 g/mol. The van der Waals surface area contributed by atoms with Gasteiger partial charge in [0.15, 0.2) is 0 Å². The molecule has 0 saturated carbocycles. The molecule has 0 aromatic heterocycles. The van der Waals surface area contributed by atoms with Crippen LogP contribution in [0, 0.1) is 0 Å². The Morgan fingerprint density at radius 1 is 0.768 bits per heavy atom. The number of thioether (sulfide) groups is 1. The van der Waals surface area contributed by atoms with E-state index in [2.05, 4.69) is 16.8 Å². The summed E-state index contributed by atoms with van der Waals surface area (Å²) in [5.41, 5.74) is -0.324. The molecule has 3 aromatic carbocycles. The van der Waals surface area contributed by atoms with Crippen LogP contribution in [0.25, 0.3) is 0 Å². The van der Waals surface area contributed by atoms with Gasteiger partial charge >= 0.3 is 11.9 Å². The van der Waals surface area contributed by atoms with Gasteiger partial charge in [-0.05, 0) is 81.8 Å². The molecule has 4 unspecified atom stereocenters. The van der Waals surface area contributed by atoms with Gasteiger partial charge in [0.05, 0.1) is 23.0 Å². The summed E-state index contributed by atoms with van der Waals surface area (Å²) >= 11 is 15.4. The number of amides is 1. The fraction of sp³-hybridized carbons (Fsp3) is 0.432. The number of hydrogen-bond donors (Lipinski definition) is 2. The number of rotatable bonds is 12. The van der Waals surface area contributed by atoms with Gasteiger partial charge in [-0.1, -0.05) is 77.8 Å². The molecule has 2 N–H and O–H groups in total. The molecule has 0 aliphatic carbocycles. The first-order chi connectivity index (χ1) is 26.9. The van der Waals surface area contributed by atoms with E-state index in [1.807, 2.05) is 65.6 Å². The van der Waals surface area contributed by atoms with Gasteiger partial charge in [-0.25, -0.2) is 9.59 Å². The van der Waals surface area contributed by atoms with Crippen molar-refractivity contribution in [2.45, 2.75) is 79.8 Å². The number of hydrogen-bond acceptors (Lipinski definition) is 7. The third-order valence-electron chi connectivity index (χ3n) is 12.8. The van der Waals surface area contributed by atoms with Crippen LogP contribution >= 0.6 is 35.0 Å². The van der Waals surface area contributed by atoms with Gasteiger partial charge < -0.3 is 24.9 Å². The molecule has 7 rings (SSSR count). The van der Waals surface area contributed by atoms with Crippen molar-refractivity contribution >= 4 is 52.8 Å². The first-order valence-electron chi connectivity index (χ1n) is 19.5. The molecule has 4 heterocycles. The molecule has 4 aliphatic rings. The second-order valence-electron chi connectivity index (χ2n) is 15.7. The Labute approximate surface area is 343 Å². The summed E-state index contributed by atoms with van der Waals surface area (Å²) < 4.78 is 0. The van der Waals surface area contributed by atoms with Crippen molar-refractivity contribution in [2.24, 2.45) is 0 Å². The number of halogens is 2. The van der Waals surface area contributed by atoms with Crippen LogP contribution < -0.4 is 0 Å². The largest absolute Gasteiger partial charge is 0.478 e. The number of aliphatic carboxylic acids is 2. The van der Waals surface area contributed by atoms with Crippen LogP contribution in [0.5, 0.6) is 0 Å². The number of piperidine rings is 1. The van der Waals surface area contributed by atoms with Gasteiger partial charge in [0.2, 0.25) is 5.91 Å². The number of carbonyl (C=O) groups excluding carboxylic acids is 1. The fourth-order valence-corrected chi connectivity index (χ4v) is 11.6. The monoisotopic (exact) mass is 816 g/mol. The lowest BCUT2D eigenvalue weighted by molar-refractivity contribution is -0.134. The zero-order valence-electron chi connectivity index (χ0n) is 32.2. The Bertz CT molecular complexity index is 1990. The number of carboxylic acids is 2. The molecule has 12 heteroatoms. The lowest BCUT2D eigenvalue weighted by Gasteiger charge is -2.46. The van der Waals surface area contributed by atoms with Crippen LogP contribution in [0.2, 0.25) is 10.0 Å². The highest BCUT2D eigenvalue weighted by atomic mass is 35.5. The molecular formula is C44H50Cl2N4O5S. The van der Waals surface area contributed by atoms with Gasteiger partial charge in [-0.2, -0.15) is 0 Å². The van der Waals surface area contributed by atoms with Gasteiger partial charge in [0.1, 0.15) is 0 Å². The van der Waals surface area contributed by atoms with E-state index in [4.69, 9.17) is 23.2 Å². The van der Waals surface area contributed by atoms with E-state index in [9.17, 15) is 24.6 Å². The highest BCUT2D eigenvalue weighted by molar-refractivity contribution is 7.99. The average molecular weight is 818 g/mol. The van der Waals surface area contributed by atoms with Crippen molar-refractivity contribution in [3.8, 4) is 0 Å². The Balaban J connectivity index is 1.25.